The second-order valence-corrected chi connectivity index (χ2v) is 5.38. The number of rotatable bonds is 3. The fraction of sp³-hybridized carbons (Fsp3) is 0.333. The van der Waals surface area contributed by atoms with Crippen molar-refractivity contribution in [3.63, 3.8) is 0 Å². The van der Waals surface area contributed by atoms with Crippen molar-refractivity contribution in [1.82, 2.24) is 5.32 Å². The summed E-state index contributed by atoms with van der Waals surface area (Å²) in [6.07, 6.45) is 2.89. The zero-order chi connectivity index (χ0) is 14.2. The number of hydrogen-bond donors (Lipinski definition) is 2. The molecule has 1 amide bonds. The van der Waals surface area contributed by atoms with Crippen molar-refractivity contribution < 1.29 is 9.21 Å². The van der Waals surface area contributed by atoms with E-state index in [9.17, 15) is 9.59 Å². The molecule has 2 aromatic rings. The fourth-order valence-electron chi connectivity index (χ4n) is 2.38. The first-order valence-electron chi connectivity index (χ1n) is 6.67. The molecule has 0 saturated heterocycles. The molecule has 1 saturated carbocycles. The van der Waals surface area contributed by atoms with E-state index in [0.29, 0.717) is 12.1 Å². The minimum absolute atomic E-state index is 0.0200. The van der Waals surface area contributed by atoms with E-state index in [-0.39, 0.29) is 11.1 Å². The van der Waals surface area contributed by atoms with Crippen LogP contribution < -0.4 is 16.7 Å². The van der Waals surface area contributed by atoms with Crippen LogP contribution in [0.25, 0.3) is 11.0 Å². The van der Waals surface area contributed by atoms with Crippen molar-refractivity contribution in [1.29, 1.82) is 0 Å². The predicted molar refractivity (Wildman–Crippen MR) is 75.6 cm³/mol. The van der Waals surface area contributed by atoms with Gasteiger partial charge in [0.1, 0.15) is 11.1 Å². The molecule has 5 nitrogen and oxygen atoms in total. The first kappa shape index (κ1) is 12.9. The van der Waals surface area contributed by atoms with Gasteiger partial charge in [-0.1, -0.05) is 18.2 Å². The van der Waals surface area contributed by atoms with E-state index in [4.69, 9.17) is 10.2 Å². The molecule has 5 heteroatoms. The summed E-state index contributed by atoms with van der Waals surface area (Å²) in [5.74, 6) is -0.429. The highest BCUT2D eigenvalue weighted by Crippen LogP contribution is 2.28. The Morgan fingerprint density at radius 1 is 1.35 bits per heavy atom. The lowest BCUT2D eigenvalue weighted by Gasteiger charge is -2.38. The summed E-state index contributed by atoms with van der Waals surface area (Å²) >= 11 is 0. The maximum atomic E-state index is 12.1. The third kappa shape index (κ3) is 2.32. The molecule has 104 valence electrons. The van der Waals surface area contributed by atoms with Gasteiger partial charge in [-0.05, 0) is 31.4 Å². The number of carbonyl (C=O) groups excluding carboxylic acids is 1. The van der Waals surface area contributed by atoms with Crippen LogP contribution in [0, 0.1) is 0 Å². The van der Waals surface area contributed by atoms with Gasteiger partial charge in [-0.15, -0.1) is 0 Å². The number of hydrogen-bond acceptors (Lipinski definition) is 4. The highest BCUT2D eigenvalue weighted by atomic mass is 16.4. The van der Waals surface area contributed by atoms with Crippen LogP contribution in [0.5, 0.6) is 0 Å². The molecule has 1 aliphatic carbocycles. The smallest absolute Gasteiger partial charge is 0.349 e. The van der Waals surface area contributed by atoms with E-state index >= 15 is 0 Å². The number of benzene rings is 1. The Hall–Kier alpha value is -2.14. The molecule has 3 rings (SSSR count). The van der Waals surface area contributed by atoms with E-state index in [2.05, 4.69) is 5.32 Å². The van der Waals surface area contributed by atoms with E-state index < -0.39 is 11.5 Å². The second kappa shape index (κ2) is 4.76. The predicted octanol–water partition coefficient (Wildman–Crippen LogP) is 1.40. The van der Waals surface area contributed by atoms with Crippen LogP contribution in [0.1, 0.15) is 29.6 Å². The molecule has 0 atom stereocenters. The number of amides is 1. The molecule has 0 radical (unpaired) electrons. The average molecular weight is 272 g/mol. The molecular formula is C15H16N2O3. The van der Waals surface area contributed by atoms with Crippen LogP contribution in [0.15, 0.2) is 39.5 Å². The summed E-state index contributed by atoms with van der Waals surface area (Å²) in [5.41, 5.74) is 5.60. The standard InChI is InChI=1S/C15H16N2O3/c16-15(6-3-7-15)9-17-13(18)11-8-10-4-1-2-5-12(10)20-14(11)19/h1-2,4-5,8H,3,6-7,9,16H2,(H,17,18). The van der Waals surface area contributed by atoms with Gasteiger partial charge in [0.25, 0.3) is 5.91 Å². The Labute approximate surface area is 115 Å². The van der Waals surface area contributed by atoms with Crippen molar-refractivity contribution in [2.75, 3.05) is 6.54 Å². The number of para-hydroxylation sites is 1. The van der Waals surface area contributed by atoms with Crippen molar-refractivity contribution in [2.45, 2.75) is 24.8 Å². The van der Waals surface area contributed by atoms with E-state index in [1.807, 2.05) is 6.07 Å². The van der Waals surface area contributed by atoms with Gasteiger partial charge in [0.15, 0.2) is 0 Å². The Balaban J connectivity index is 1.83. The normalized spacial score (nSPS) is 16.6. The molecule has 0 unspecified atom stereocenters. The van der Waals surface area contributed by atoms with Gasteiger partial charge >= 0.3 is 5.63 Å². The third-order valence-electron chi connectivity index (χ3n) is 3.84. The van der Waals surface area contributed by atoms with Crippen LogP contribution in [-0.4, -0.2) is 18.0 Å². The second-order valence-electron chi connectivity index (χ2n) is 5.38. The summed E-state index contributed by atoms with van der Waals surface area (Å²) in [7, 11) is 0. The Morgan fingerprint density at radius 3 is 2.80 bits per heavy atom. The minimum atomic E-state index is -0.624. The van der Waals surface area contributed by atoms with Gasteiger partial charge in [0, 0.05) is 17.5 Å². The first-order chi connectivity index (χ1) is 9.57. The van der Waals surface area contributed by atoms with Crippen molar-refractivity contribution >= 4 is 16.9 Å². The molecule has 1 heterocycles. The third-order valence-corrected chi connectivity index (χ3v) is 3.84. The summed E-state index contributed by atoms with van der Waals surface area (Å²) < 4.78 is 5.14. The van der Waals surface area contributed by atoms with Crippen LogP contribution >= 0.6 is 0 Å². The van der Waals surface area contributed by atoms with Crippen LogP contribution in [0.2, 0.25) is 0 Å². The van der Waals surface area contributed by atoms with E-state index in [0.717, 1.165) is 24.6 Å². The Bertz CT molecular complexity index is 716. The lowest BCUT2D eigenvalue weighted by Crippen LogP contribution is -2.55. The average Bonchev–Trinajstić information content (AvgIpc) is 2.42. The molecule has 0 spiro atoms. The van der Waals surface area contributed by atoms with Gasteiger partial charge < -0.3 is 15.5 Å². The number of fused-ring (bicyclic) bond motifs is 1. The van der Waals surface area contributed by atoms with E-state index in [1.54, 1.807) is 24.3 Å². The van der Waals surface area contributed by atoms with Gasteiger partial charge in [-0.3, -0.25) is 4.79 Å². The highest BCUT2D eigenvalue weighted by Gasteiger charge is 2.32. The van der Waals surface area contributed by atoms with Crippen molar-refractivity contribution in [3.05, 3.63) is 46.3 Å². The number of nitrogens with one attached hydrogen (secondary N) is 1. The molecule has 0 aliphatic heterocycles. The zero-order valence-electron chi connectivity index (χ0n) is 11.0. The monoisotopic (exact) mass is 272 g/mol. The largest absolute Gasteiger partial charge is 0.422 e. The van der Waals surface area contributed by atoms with Crippen molar-refractivity contribution in [2.24, 2.45) is 5.73 Å². The van der Waals surface area contributed by atoms with Gasteiger partial charge in [-0.2, -0.15) is 0 Å². The quantitative estimate of drug-likeness (QED) is 0.827. The van der Waals surface area contributed by atoms with Gasteiger partial charge in [-0.25, -0.2) is 4.79 Å². The molecule has 0 bridgehead atoms. The van der Waals surface area contributed by atoms with Crippen LogP contribution in [-0.2, 0) is 0 Å². The Morgan fingerprint density at radius 2 is 2.10 bits per heavy atom. The van der Waals surface area contributed by atoms with E-state index in [1.165, 1.54) is 0 Å². The fourth-order valence-corrected chi connectivity index (χ4v) is 2.38. The summed E-state index contributed by atoms with van der Waals surface area (Å²) in [5, 5.41) is 3.45. The minimum Gasteiger partial charge on any atom is -0.422 e. The van der Waals surface area contributed by atoms with Crippen LogP contribution in [0.4, 0.5) is 0 Å². The lowest BCUT2D eigenvalue weighted by atomic mass is 9.78. The SMILES string of the molecule is NC1(CNC(=O)c2cc3ccccc3oc2=O)CCC1. The molecular weight excluding hydrogens is 256 g/mol. The Kier molecular flexibility index (Phi) is 3.06. The molecule has 1 aliphatic rings. The maximum absolute atomic E-state index is 12.1. The first-order valence-corrected chi connectivity index (χ1v) is 6.67. The van der Waals surface area contributed by atoms with Gasteiger partial charge in [0.05, 0.1) is 0 Å². The molecule has 1 fully saturated rings. The number of nitrogens with two attached hydrogens (primary N) is 1. The van der Waals surface area contributed by atoms with Crippen LogP contribution in [0.3, 0.4) is 0 Å². The highest BCUT2D eigenvalue weighted by molar-refractivity contribution is 5.96. The maximum Gasteiger partial charge on any atom is 0.349 e. The summed E-state index contributed by atoms with van der Waals surface area (Å²) in [4.78, 5) is 23.9. The summed E-state index contributed by atoms with van der Waals surface area (Å²) in [6.45, 7) is 0.387. The topological polar surface area (TPSA) is 85.3 Å². The van der Waals surface area contributed by atoms with Crippen molar-refractivity contribution in [3.8, 4) is 0 Å². The lowest BCUT2D eigenvalue weighted by molar-refractivity contribution is 0.0926. The molecule has 20 heavy (non-hydrogen) atoms. The molecule has 3 N–H and O–H groups in total. The number of carbonyl (C=O) groups is 1. The molecule has 1 aromatic heterocycles. The molecule has 1 aromatic carbocycles. The van der Waals surface area contributed by atoms with Gasteiger partial charge in [0.2, 0.25) is 0 Å². The summed E-state index contributed by atoms with van der Waals surface area (Å²) in [6, 6.07) is 8.65. The zero-order valence-corrected chi connectivity index (χ0v) is 11.0.